The highest BCUT2D eigenvalue weighted by Crippen LogP contribution is 2.35. The Morgan fingerprint density at radius 3 is 2.48 bits per heavy atom. The van der Waals surface area contributed by atoms with Crippen LogP contribution in [-0.4, -0.2) is 4.98 Å². The topological polar surface area (TPSA) is 50.9 Å². The monoisotopic (exact) mass is 469 g/mol. The highest BCUT2D eigenvalue weighted by Gasteiger charge is 2.09. The van der Waals surface area contributed by atoms with Gasteiger partial charge in [0, 0.05) is 18.8 Å². The van der Waals surface area contributed by atoms with Gasteiger partial charge in [-0.3, -0.25) is 4.98 Å². The van der Waals surface area contributed by atoms with Crippen LogP contribution in [-0.2, 0) is 0 Å². The predicted octanol–water partition coefficient (Wildman–Crippen LogP) is 5.85. The first-order chi connectivity index (χ1) is 10.0. The number of nitrogens with one attached hydrogen (secondary N) is 1. The summed E-state index contributed by atoms with van der Waals surface area (Å²) in [5.74, 6) is 0. The molecular formula is C15H10Br3N3. The Morgan fingerprint density at radius 1 is 0.952 bits per heavy atom. The highest BCUT2D eigenvalue weighted by molar-refractivity contribution is 9.11. The number of nitrogen functional groups attached to an aromatic ring is 1. The molecule has 106 valence electrons. The first-order valence-electron chi connectivity index (χ1n) is 6.10. The van der Waals surface area contributed by atoms with Crippen LogP contribution in [0.5, 0.6) is 0 Å². The van der Waals surface area contributed by atoms with E-state index in [-0.39, 0.29) is 0 Å². The van der Waals surface area contributed by atoms with Crippen molar-refractivity contribution in [2.75, 3.05) is 11.1 Å². The Hall–Kier alpha value is -1.11. The molecule has 0 fully saturated rings. The van der Waals surface area contributed by atoms with Crippen LogP contribution in [0.4, 0.5) is 17.1 Å². The third-order valence-corrected chi connectivity index (χ3v) is 4.73. The van der Waals surface area contributed by atoms with Gasteiger partial charge in [0.15, 0.2) is 0 Å². The second-order valence-electron chi connectivity index (χ2n) is 4.50. The van der Waals surface area contributed by atoms with E-state index in [0.29, 0.717) is 5.69 Å². The van der Waals surface area contributed by atoms with Gasteiger partial charge in [0.25, 0.3) is 0 Å². The SMILES string of the molecule is Nc1cnc2ccc(Br)cc2c1Nc1cc(Br)ccc1Br. The number of pyridine rings is 1. The average Bonchev–Trinajstić information content (AvgIpc) is 2.46. The van der Waals surface area contributed by atoms with Crippen LogP contribution in [0.15, 0.2) is 56.0 Å². The van der Waals surface area contributed by atoms with E-state index in [1.807, 2.05) is 36.4 Å². The fourth-order valence-electron chi connectivity index (χ4n) is 2.05. The maximum atomic E-state index is 6.11. The Bertz CT molecular complexity index is 829. The molecule has 0 aliphatic rings. The lowest BCUT2D eigenvalue weighted by Gasteiger charge is -2.14. The number of halogens is 3. The number of fused-ring (bicyclic) bond motifs is 1. The number of rotatable bonds is 2. The number of anilines is 3. The zero-order valence-electron chi connectivity index (χ0n) is 10.7. The summed E-state index contributed by atoms with van der Waals surface area (Å²) in [7, 11) is 0. The van der Waals surface area contributed by atoms with Crippen molar-refractivity contribution in [3.05, 3.63) is 56.0 Å². The number of nitrogens with two attached hydrogens (primary N) is 1. The predicted molar refractivity (Wildman–Crippen MR) is 99.0 cm³/mol. The van der Waals surface area contributed by atoms with Crippen LogP contribution < -0.4 is 11.1 Å². The lowest BCUT2D eigenvalue weighted by molar-refractivity contribution is 1.40. The molecule has 21 heavy (non-hydrogen) atoms. The molecule has 1 aromatic heterocycles. The summed E-state index contributed by atoms with van der Waals surface area (Å²) >= 11 is 10.5. The maximum Gasteiger partial charge on any atom is 0.0746 e. The van der Waals surface area contributed by atoms with Crippen LogP contribution in [0.3, 0.4) is 0 Å². The van der Waals surface area contributed by atoms with Crippen LogP contribution in [0.25, 0.3) is 10.9 Å². The molecule has 1 heterocycles. The van der Waals surface area contributed by atoms with Crippen molar-refractivity contribution in [2.24, 2.45) is 0 Å². The zero-order chi connectivity index (χ0) is 15.0. The minimum absolute atomic E-state index is 0.604. The van der Waals surface area contributed by atoms with E-state index >= 15 is 0 Å². The van der Waals surface area contributed by atoms with E-state index in [1.54, 1.807) is 6.20 Å². The third-order valence-electron chi connectivity index (χ3n) is 3.05. The van der Waals surface area contributed by atoms with Crippen molar-refractivity contribution in [2.45, 2.75) is 0 Å². The molecule has 2 aromatic carbocycles. The van der Waals surface area contributed by atoms with Gasteiger partial charge in [-0.15, -0.1) is 0 Å². The standard InChI is InChI=1S/C15H10Br3N3/c16-8-2-4-13-10(5-8)15(12(19)7-20-13)21-14-6-9(17)1-3-11(14)18/h1-7H,19H2,(H,20,21). The van der Waals surface area contributed by atoms with Gasteiger partial charge in [0.2, 0.25) is 0 Å². The molecule has 0 aliphatic heterocycles. The van der Waals surface area contributed by atoms with Gasteiger partial charge < -0.3 is 11.1 Å². The van der Waals surface area contributed by atoms with Crippen LogP contribution >= 0.6 is 47.8 Å². The van der Waals surface area contributed by atoms with Crippen molar-refractivity contribution in [1.29, 1.82) is 0 Å². The summed E-state index contributed by atoms with van der Waals surface area (Å²) < 4.78 is 2.94. The third kappa shape index (κ3) is 3.07. The smallest absolute Gasteiger partial charge is 0.0746 e. The van der Waals surface area contributed by atoms with Gasteiger partial charge in [-0.25, -0.2) is 0 Å². The minimum Gasteiger partial charge on any atom is -0.396 e. The van der Waals surface area contributed by atoms with E-state index in [0.717, 1.165) is 35.7 Å². The molecule has 0 bridgehead atoms. The van der Waals surface area contributed by atoms with Crippen LogP contribution in [0, 0.1) is 0 Å². The number of aromatic nitrogens is 1. The molecule has 0 unspecified atom stereocenters. The number of hydrogen-bond donors (Lipinski definition) is 2. The molecule has 0 aliphatic carbocycles. The van der Waals surface area contributed by atoms with E-state index in [9.17, 15) is 0 Å². The lowest BCUT2D eigenvalue weighted by atomic mass is 10.1. The molecule has 0 saturated carbocycles. The second-order valence-corrected chi connectivity index (χ2v) is 7.18. The largest absolute Gasteiger partial charge is 0.396 e. The second kappa shape index (κ2) is 5.94. The molecule has 0 amide bonds. The van der Waals surface area contributed by atoms with Crippen molar-refractivity contribution in [3.8, 4) is 0 Å². The van der Waals surface area contributed by atoms with Crippen molar-refractivity contribution < 1.29 is 0 Å². The maximum absolute atomic E-state index is 6.11. The van der Waals surface area contributed by atoms with Crippen LogP contribution in [0.1, 0.15) is 0 Å². The zero-order valence-corrected chi connectivity index (χ0v) is 15.5. The first-order valence-corrected chi connectivity index (χ1v) is 8.48. The van der Waals surface area contributed by atoms with Gasteiger partial charge >= 0.3 is 0 Å². The number of benzene rings is 2. The van der Waals surface area contributed by atoms with E-state index in [4.69, 9.17) is 5.73 Å². The van der Waals surface area contributed by atoms with Gasteiger partial charge in [0.05, 0.1) is 28.8 Å². The fraction of sp³-hybridized carbons (Fsp3) is 0. The summed E-state index contributed by atoms with van der Waals surface area (Å²) in [5.41, 5.74) is 9.38. The molecule has 3 aromatic rings. The Morgan fingerprint density at radius 2 is 1.67 bits per heavy atom. The molecule has 0 spiro atoms. The van der Waals surface area contributed by atoms with E-state index < -0.39 is 0 Å². The normalized spacial score (nSPS) is 10.8. The molecule has 6 heteroatoms. The molecule has 3 nitrogen and oxygen atoms in total. The molecule has 0 radical (unpaired) electrons. The van der Waals surface area contributed by atoms with Crippen molar-refractivity contribution in [3.63, 3.8) is 0 Å². The molecule has 3 rings (SSSR count). The van der Waals surface area contributed by atoms with E-state index in [2.05, 4.69) is 58.1 Å². The highest BCUT2D eigenvalue weighted by atomic mass is 79.9. The Kier molecular flexibility index (Phi) is 4.19. The molecule has 0 saturated heterocycles. The summed E-state index contributed by atoms with van der Waals surface area (Å²) in [6.45, 7) is 0. The van der Waals surface area contributed by atoms with E-state index in [1.165, 1.54) is 0 Å². The minimum atomic E-state index is 0.604. The van der Waals surface area contributed by atoms with Crippen molar-refractivity contribution >= 4 is 75.8 Å². The molecule has 0 atom stereocenters. The van der Waals surface area contributed by atoms with Crippen molar-refractivity contribution in [1.82, 2.24) is 4.98 Å². The molecule has 3 N–H and O–H groups in total. The Labute approximate surface area is 147 Å². The molecular weight excluding hydrogens is 462 g/mol. The summed E-state index contributed by atoms with van der Waals surface area (Å²) in [6, 6.07) is 11.9. The lowest BCUT2D eigenvalue weighted by Crippen LogP contribution is -1.99. The fourth-order valence-corrected chi connectivity index (χ4v) is 3.12. The Balaban J connectivity index is 2.17. The number of hydrogen-bond acceptors (Lipinski definition) is 3. The summed E-state index contributed by atoms with van der Waals surface area (Å²) in [4.78, 5) is 4.36. The quantitative estimate of drug-likeness (QED) is 0.493. The van der Waals surface area contributed by atoms with Crippen LogP contribution in [0.2, 0.25) is 0 Å². The average molecular weight is 472 g/mol. The van der Waals surface area contributed by atoms with Gasteiger partial charge in [0.1, 0.15) is 0 Å². The van der Waals surface area contributed by atoms with Gasteiger partial charge in [-0.1, -0.05) is 31.9 Å². The first kappa shape index (κ1) is 14.8. The number of nitrogens with zero attached hydrogens (tertiary/aromatic N) is 1. The summed E-state index contributed by atoms with van der Waals surface area (Å²) in [5, 5.41) is 4.36. The summed E-state index contributed by atoms with van der Waals surface area (Å²) in [6.07, 6.45) is 1.67. The van der Waals surface area contributed by atoms with Gasteiger partial charge in [-0.05, 0) is 52.3 Å². The van der Waals surface area contributed by atoms with Gasteiger partial charge in [-0.2, -0.15) is 0 Å².